The second-order valence-electron chi connectivity index (χ2n) is 3.40. The molecule has 0 saturated heterocycles. The molecule has 0 aliphatic heterocycles. The molecule has 0 aliphatic rings. The van der Waals surface area contributed by atoms with Crippen molar-refractivity contribution in [1.82, 2.24) is 0 Å². The van der Waals surface area contributed by atoms with Gasteiger partial charge in [0.25, 0.3) is 0 Å². The Morgan fingerprint density at radius 1 is 1.38 bits per heavy atom. The highest BCUT2D eigenvalue weighted by Gasteiger charge is 2.11. The fourth-order valence-electron chi connectivity index (χ4n) is 1.47. The predicted molar refractivity (Wildman–Crippen MR) is 67.0 cm³/mol. The number of hydrogen-bond donors (Lipinski definition) is 0. The van der Waals surface area contributed by atoms with Gasteiger partial charge in [0.2, 0.25) is 0 Å². The van der Waals surface area contributed by atoms with E-state index in [1.54, 1.807) is 12.1 Å². The monoisotopic (exact) mass is 298 g/mol. The van der Waals surface area contributed by atoms with E-state index in [-0.39, 0.29) is 0 Å². The molecule has 82 valence electrons. The van der Waals surface area contributed by atoms with Crippen LogP contribution in [0.2, 0.25) is 5.02 Å². The molecule has 0 unspecified atom stereocenters. The first-order chi connectivity index (χ1) is 7.61. The second-order valence-corrected chi connectivity index (χ2v) is 4.70. The van der Waals surface area contributed by atoms with Crippen molar-refractivity contribution in [1.29, 1.82) is 0 Å². The lowest BCUT2D eigenvalue weighted by Crippen LogP contribution is -1.82. The molecule has 1 aromatic heterocycles. The molecule has 0 atom stereocenters. The summed E-state index contributed by atoms with van der Waals surface area (Å²) in [6, 6.07) is 7.14. The molecule has 2 aromatic rings. The van der Waals surface area contributed by atoms with Crippen molar-refractivity contribution in [3.05, 3.63) is 45.1 Å². The van der Waals surface area contributed by atoms with E-state index in [4.69, 9.17) is 16.0 Å². The molecule has 1 heterocycles. The van der Waals surface area contributed by atoms with Crippen LogP contribution in [0.5, 0.6) is 0 Å². The first-order valence-electron chi connectivity index (χ1n) is 4.63. The van der Waals surface area contributed by atoms with Crippen molar-refractivity contribution in [2.75, 3.05) is 0 Å². The minimum absolute atomic E-state index is 0.295. The number of carbonyl (C=O) groups is 1. The zero-order valence-electron chi connectivity index (χ0n) is 8.46. The molecule has 0 saturated carbocycles. The Morgan fingerprint density at radius 2 is 2.12 bits per heavy atom. The molecule has 0 bridgehead atoms. The molecule has 0 radical (unpaired) electrons. The van der Waals surface area contributed by atoms with Crippen molar-refractivity contribution < 1.29 is 9.21 Å². The van der Waals surface area contributed by atoms with Crippen LogP contribution in [0.25, 0.3) is 11.3 Å². The summed E-state index contributed by atoms with van der Waals surface area (Å²) in [4.78, 5) is 10.5. The third-order valence-electron chi connectivity index (χ3n) is 2.23. The molecule has 0 fully saturated rings. The maximum Gasteiger partial charge on any atom is 0.185 e. The van der Waals surface area contributed by atoms with Crippen LogP contribution in [0, 0.1) is 6.92 Å². The molecule has 4 heteroatoms. The number of furan rings is 1. The van der Waals surface area contributed by atoms with E-state index in [0.29, 0.717) is 22.8 Å². The Bertz CT molecular complexity index is 546. The molecule has 2 rings (SSSR count). The molecule has 1 aromatic carbocycles. The quantitative estimate of drug-likeness (QED) is 0.765. The molecule has 2 nitrogen and oxygen atoms in total. The lowest BCUT2D eigenvalue weighted by atomic mass is 10.1. The number of aldehydes is 1. The normalized spacial score (nSPS) is 10.4. The van der Waals surface area contributed by atoms with Crippen LogP contribution in [0.15, 0.2) is 33.2 Å². The van der Waals surface area contributed by atoms with Crippen molar-refractivity contribution in [2.24, 2.45) is 0 Å². The number of carbonyl (C=O) groups excluding carboxylic acids is 1. The van der Waals surface area contributed by atoms with Gasteiger partial charge in [-0.3, -0.25) is 4.79 Å². The number of hydrogen-bond acceptors (Lipinski definition) is 2. The lowest BCUT2D eigenvalue weighted by Gasteiger charge is -2.05. The maximum absolute atomic E-state index is 10.5. The first kappa shape index (κ1) is 11.4. The molecule has 0 aliphatic carbocycles. The Hall–Kier alpha value is -1.06. The summed E-state index contributed by atoms with van der Waals surface area (Å²) in [5, 5.41) is 0.634. The zero-order valence-corrected chi connectivity index (χ0v) is 10.8. The third-order valence-corrected chi connectivity index (χ3v) is 3.19. The van der Waals surface area contributed by atoms with E-state index in [2.05, 4.69) is 15.9 Å². The van der Waals surface area contributed by atoms with Crippen LogP contribution in [0.1, 0.15) is 16.1 Å². The highest BCUT2D eigenvalue weighted by Crippen LogP contribution is 2.34. The molecule has 0 N–H and O–H groups in total. The average Bonchev–Trinajstić information content (AvgIpc) is 2.71. The summed E-state index contributed by atoms with van der Waals surface area (Å²) in [7, 11) is 0. The Kier molecular flexibility index (Phi) is 3.17. The Balaban J connectivity index is 2.58. The molecule has 16 heavy (non-hydrogen) atoms. The molecular formula is C12H8BrClO2. The number of aryl methyl sites for hydroxylation is 1. The van der Waals surface area contributed by atoms with Crippen molar-refractivity contribution in [2.45, 2.75) is 6.92 Å². The summed E-state index contributed by atoms with van der Waals surface area (Å²) in [6.07, 6.45) is 0.669. The minimum Gasteiger partial charge on any atom is -0.453 e. The van der Waals surface area contributed by atoms with E-state index >= 15 is 0 Å². The van der Waals surface area contributed by atoms with Gasteiger partial charge < -0.3 is 4.42 Å². The first-order valence-corrected chi connectivity index (χ1v) is 5.80. The number of rotatable bonds is 2. The van der Waals surface area contributed by atoms with Crippen LogP contribution in [0.4, 0.5) is 0 Å². The maximum atomic E-state index is 10.5. The standard InChI is InChI=1S/C12H8BrClO2/c1-7-4-8(13)5-10(12(7)14)11-3-2-9(6-15)16-11/h2-6H,1H3. The predicted octanol–water partition coefficient (Wildman–Crippen LogP) is 4.48. The zero-order chi connectivity index (χ0) is 11.7. The van der Waals surface area contributed by atoms with Gasteiger partial charge in [0.15, 0.2) is 12.0 Å². The Morgan fingerprint density at radius 3 is 2.75 bits per heavy atom. The smallest absolute Gasteiger partial charge is 0.185 e. The van der Waals surface area contributed by atoms with Crippen LogP contribution >= 0.6 is 27.5 Å². The second kappa shape index (κ2) is 4.44. The molecule has 0 spiro atoms. The van der Waals surface area contributed by atoms with Crippen molar-refractivity contribution >= 4 is 33.8 Å². The highest BCUT2D eigenvalue weighted by molar-refractivity contribution is 9.10. The molecular weight excluding hydrogens is 291 g/mol. The van der Waals surface area contributed by atoms with Crippen LogP contribution in [-0.2, 0) is 0 Å². The third kappa shape index (κ3) is 2.06. The van der Waals surface area contributed by atoms with E-state index in [9.17, 15) is 4.79 Å². The fourth-order valence-corrected chi connectivity index (χ4v) is 2.24. The van der Waals surface area contributed by atoms with Crippen LogP contribution < -0.4 is 0 Å². The van der Waals surface area contributed by atoms with E-state index in [1.807, 2.05) is 19.1 Å². The highest BCUT2D eigenvalue weighted by atomic mass is 79.9. The van der Waals surface area contributed by atoms with Gasteiger partial charge in [-0.05, 0) is 36.8 Å². The SMILES string of the molecule is Cc1cc(Br)cc(-c2ccc(C=O)o2)c1Cl. The summed E-state index contributed by atoms with van der Waals surface area (Å²) in [5.41, 5.74) is 1.73. The topological polar surface area (TPSA) is 30.2 Å². The minimum atomic E-state index is 0.295. The summed E-state index contributed by atoms with van der Waals surface area (Å²) in [5.74, 6) is 0.889. The summed E-state index contributed by atoms with van der Waals surface area (Å²) >= 11 is 9.58. The average molecular weight is 300 g/mol. The fraction of sp³-hybridized carbons (Fsp3) is 0.0833. The van der Waals surface area contributed by atoms with Gasteiger partial charge in [-0.2, -0.15) is 0 Å². The van der Waals surface area contributed by atoms with Gasteiger partial charge in [0.1, 0.15) is 5.76 Å². The van der Waals surface area contributed by atoms with E-state index in [1.165, 1.54) is 0 Å². The van der Waals surface area contributed by atoms with E-state index in [0.717, 1.165) is 15.6 Å². The Labute approximate surface area is 106 Å². The van der Waals surface area contributed by atoms with Crippen LogP contribution in [0.3, 0.4) is 0 Å². The van der Waals surface area contributed by atoms with E-state index < -0.39 is 0 Å². The van der Waals surface area contributed by atoms with Gasteiger partial charge in [-0.1, -0.05) is 27.5 Å². The number of halogens is 2. The van der Waals surface area contributed by atoms with Gasteiger partial charge >= 0.3 is 0 Å². The number of benzene rings is 1. The van der Waals surface area contributed by atoms with Crippen LogP contribution in [-0.4, -0.2) is 6.29 Å². The van der Waals surface area contributed by atoms with Crippen molar-refractivity contribution in [3.8, 4) is 11.3 Å². The summed E-state index contributed by atoms with van der Waals surface area (Å²) < 4.78 is 6.26. The van der Waals surface area contributed by atoms with Gasteiger partial charge in [-0.15, -0.1) is 0 Å². The largest absolute Gasteiger partial charge is 0.453 e. The summed E-state index contributed by atoms with van der Waals surface area (Å²) in [6.45, 7) is 1.92. The molecule has 0 amide bonds. The van der Waals surface area contributed by atoms with Gasteiger partial charge in [0, 0.05) is 10.0 Å². The van der Waals surface area contributed by atoms with Gasteiger partial charge in [0.05, 0.1) is 5.02 Å². The lowest BCUT2D eigenvalue weighted by molar-refractivity contribution is 0.110. The van der Waals surface area contributed by atoms with Gasteiger partial charge in [-0.25, -0.2) is 0 Å². The van der Waals surface area contributed by atoms with Crippen molar-refractivity contribution in [3.63, 3.8) is 0 Å².